The molecule has 1 N–H and O–H groups in total. The van der Waals surface area contributed by atoms with Crippen molar-refractivity contribution >= 4 is 16.9 Å². The Morgan fingerprint density at radius 2 is 2.05 bits per heavy atom. The number of fused-ring (bicyclic) bond motifs is 1. The van der Waals surface area contributed by atoms with Crippen LogP contribution in [0.2, 0.25) is 0 Å². The second kappa shape index (κ2) is 6.01. The summed E-state index contributed by atoms with van der Waals surface area (Å²) in [5.74, 6) is 0.0255. The molecule has 0 saturated carbocycles. The highest BCUT2D eigenvalue weighted by atomic mass is 16.1. The fraction of sp³-hybridized carbons (Fsp3) is 0.312. The monoisotopic (exact) mass is 297 g/mol. The molecule has 0 fully saturated rings. The van der Waals surface area contributed by atoms with E-state index < -0.39 is 0 Å². The van der Waals surface area contributed by atoms with Gasteiger partial charge in [-0.15, -0.1) is 0 Å². The van der Waals surface area contributed by atoms with Gasteiger partial charge in [-0.05, 0) is 12.5 Å². The molecule has 6 nitrogen and oxygen atoms in total. The molecule has 3 aromatic rings. The molecule has 0 atom stereocenters. The van der Waals surface area contributed by atoms with Gasteiger partial charge in [0.2, 0.25) is 5.91 Å². The zero-order chi connectivity index (χ0) is 15.5. The van der Waals surface area contributed by atoms with Crippen molar-refractivity contribution in [2.75, 3.05) is 6.54 Å². The fourth-order valence-corrected chi connectivity index (χ4v) is 2.63. The Labute approximate surface area is 128 Å². The van der Waals surface area contributed by atoms with Gasteiger partial charge in [0.05, 0.1) is 24.9 Å². The standard InChI is InChI=1S/C16H19N5O/c1-12-16-14(20(2)19-12)11-18-21(16)9-8-17-15(22)10-13-6-4-3-5-7-13/h3-7,11H,8-10H2,1-2H3,(H,17,22). The maximum atomic E-state index is 11.9. The summed E-state index contributed by atoms with van der Waals surface area (Å²) in [6.45, 7) is 3.15. The van der Waals surface area contributed by atoms with Crippen molar-refractivity contribution in [2.45, 2.75) is 19.9 Å². The Morgan fingerprint density at radius 3 is 2.82 bits per heavy atom. The van der Waals surface area contributed by atoms with Gasteiger partial charge in [0.25, 0.3) is 0 Å². The second-order valence-corrected chi connectivity index (χ2v) is 5.32. The van der Waals surface area contributed by atoms with Gasteiger partial charge in [-0.1, -0.05) is 30.3 Å². The maximum Gasteiger partial charge on any atom is 0.224 e. The Morgan fingerprint density at radius 1 is 1.27 bits per heavy atom. The lowest BCUT2D eigenvalue weighted by Gasteiger charge is -2.06. The van der Waals surface area contributed by atoms with Gasteiger partial charge >= 0.3 is 0 Å². The third kappa shape index (κ3) is 2.86. The van der Waals surface area contributed by atoms with Crippen LogP contribution in [-0.2, 0) is 24.8 Å². The molecule has 6 heteroatoms. The number of aromatic nitrogens is 4. The molecule has 0 saturated heterocycles. The highest BCUT2D eigenvalue weighted by Crippen LogP contribution is 2.16. The predicted molar refractivity (Wildman–Crippen MR) is 84.4 cm³/mol. The smallest absolute Gasteiger partial charge is 0.224 e. The van der Waals surface area contributed by atoms with Gasteiger partial charge in [0.1, 0.15) is 11.0 Å². The average Bonchev–Trinajstić information content (AvgIpc) is 3.03. The summed E-state index contributed by atoms with van der Waals surface area (Å²) in [4.78, 5) is 11.9. The molecular formula is C16H19N5O. The number of nitrogens with one attached hydrogen (secondary N) is 1. The van der Waals surface area contributed by atoms with Gasteiger partial charge < -0.3 is 5.32 Å². The number of carbonyl (C=O) groups excluding carboxylic acids is 1. The van der Waals surface area contributed by atoms with Crippen LogP contribution < -0.4 is 5.32 Å². The van der Waals surface area contributed by atoms with Crippen LogP contribution in [0.15, 0.2) is 36.5 Å². The van der Waals surface area contributed by atoms with Crippen molar-refractivity contribution < 1.29 is 4.79 Å². The van der Waals surface area contributed by atoms with Gasteiger partial charge in [-0.25, -0.2) is 0 Å². The SMILES string of the molecule is Cc1nn(C)c2cnn(CCNC(=O)Cc3ccccc3)c12. The van der Waals surface area contributed by atoms with Crippen LogP contribution >= 0.6 is 0 Å². The summed E-state index contributed by atoms with van der Waals surface area (Å²) in [7, 11) is 1.91. The minimum Gasteiger partial charge on any atom is -0.354 e. The van der Waals surface area contributed by atoms with Gasteiger partial charge in [-0.3, -0.25) is 14.2 Å². The van der Waals surface area contributed by atoms with Crippen LogP contribution in [0, 0.1) is 6.92 Å². The number of amides is 1. The summed E-state index contributed by atoms with van der Waals surface area (Å²) in [5, 5.41) is 11.7. The van der Waals surface area contributed by atoms with E-state index in [-0.39, 0.29) is 5.91 Å². The molecule has 0 aliphatic rings. The Kier molecular flexibility index (Phi) is 3.91. The maximum absolute atomic E-state index is 11.9. The topological polar surface area (TPSA) is 64.7 Å². The van der Waals surface area contributed by atoms with E-state index in [4.69, 9.17) is 0 Å². The summed E-state index contributed by atoms with van der Waals surface area (Å²) >= 11 is 0. The van der Waals surface area contributed by atoms with Crippen molar-refractivity contribution in [3.63, 3.8) is 0 Å². The molecule has 2 aromatic heterocycles. The molecule has 22 heavy (non-hydrogen) atoms. The average molecular weight is 297 g/mol. The van der Waals surface area contributed by atoms with Crippen LogP contribution in [-0.4, -0.2) is 32.0 Å². The van der Waals surface area contributed by atoms with Gasteiger partial charge in [-0.2, -0.15) is 10.2 Å². The lowest BCUT2D eigenvalue weighted by molar-refractivity contribution is -0.120. The molecule has 3 rings (SSSR count). The number of hydrogen-bond acceptors (Lipinski definition) is 3. The van der Waals surface area contributed by atoms with Gasteiger partial charge in [0.15, 0.2) is 0 Å². The molecule has 1 amide bonds. The van der Waals surface area contributed by atoms with Crippen LogP contribution in [0.4, 0.5) is 0 Å². The molecule has 114 valence electrons. The van der Waals surface area contributed by atoms with Crippen LogP contribution in [0.1, 0.15) is 11.3 Å². The lowest BCUT2D eigenvalue weighted by Crippen LogP contribution is -2.28. The predicted octanol–water partition coefficient (Wildman–Crippen LogP) is 1.44. The molecule has 0 aliphatic carbocycles. The number of rotatable bonds is 5. The van der Waals surface area contributed by atoms with Crippen LogP contribution in [0.5, 0.6) is 0 Å². The number of carbonyl (C=O) groups is 1. The summed E-state index contributed by atoms with van der Waals surface area (Å²) in [6, 6.07) is 9.73. The molecule has 1 aromatic carbocycles. The van der Waals surface area contributed by atoms with E-state index in [1.54, 1.807) is 6.20 Å². The van der Waals surface area contributed by atoms with E-state index in [1.807, 2.05) is 53.7 Å². The lowest BCUT2D eigenvalue weighted by atomic mass is 10.1. The van der Waals surface area contributed by atoms with E-state index in [9.17, 15) is 4.79 Å². The van der Waals surface area contributed by atoms with E-state index >= 15 is 0 Å². The zero-order valence-corrected chi connectivity index (χ0v) is 12.8. The number of hydrogen-bond donors (Lipinski definition) is 1. The Balaban J connectivity index is 1.57. The fourth-order valence-electron chi connectivity index (χ4n) is 2.63. The molecule has 0 bridgehead atoms. The zero-order valence-electron chi connectivity index (χ0n) is 12.8. The molecular weight excluding hydrogens is 278 g/mol. The number of aryl methyl sites for hydroxylation is 2. The van der Waals surface area contributed by atoms with Crippen molar-refractivity contribution in [1.29, 1.82) is 0 Å². The molecule has 0 unspecified atom stereocenters. The third-order valence-electron chi connectivity index (χ3n) is 3.66. The number of nitrogens with zero attached hydrogens (tertiary/aromatic N) is 4. The minimum atomic E-state index is 0.0255. The Bertz CT molecular complexity index is 788. The van der Waals surface area contributed by atoms with E-state index in [1.165, 1.54) is 0 Å². The van der Waals surface area contributed by atoms with Gasteiger partial charge in [0, 0.05) is 13.6 Å². The van der Waals surface area contributed by atoms with Crippen LogP contribution in [0.3, 0.4) is 0 Å². The van der Waals surface area contributed by atoms with Crippen molar-refractivity contribution in [3.8, 4) is 0 Å². The highest BCUT2D eigenvalue weighted by Gasteiger charge is 2.11. The van der Waals surface area contributed by atoms with E-state index in [0.29, 0.717) is 19.5 Å². The summed E-state index contributed by atoms with van der Waals surface area (Å²) in [6.07, 6.45) is 2.21. The summed E-state index contributed by atoms with van der Waals surface area (Å²) < 4.78 is 3.71. The van der Waals surface area contributed by atoms with Crippen LogP contribution in [0.25, 0.3) is 11.0 Å². The van der Waals surface area contributed by atoms with E-state index in [0.717, 1.165) is 22.3 Å². The largest absolute Gasteiger partial charge is 0.354 e. The third-order valence-corrected chi connectivity index (χ3v) is 3.66. The van der Waals surface area contributed by atoms with E-state index in [2.05, 4.69) is 15.5 Å². The van der Waals surface area contributed by atoms with Crippen molar-refractivity contribution in [1.82, 2.24) is 24.9 Å². The normalized spacial score (nSPS) is 11.0. The van der Waals surface area contributed by atoms with Crippen molar-refractivity contribution in [2.24, 2.45) is 7.05 Å². The number of benzene rings is 1. The quantitative estimate of drug-likeness (QED) is 0.775. The first-order chi connectivity index (χ1) is 10.6. The molecule has 2 heterocycles. The first-order valence-corrected chi connectivity index (χ1v) is 7.31. The minimum absolute atomic E-state index is 0.0255. The molecule has 0 aliphatic heterocycles. The second-order valence-electron chi connectivity index (χ2n) is 5.32. The van der Waals surface area contributed by atoms with Crippen molar-refractivity contribution in [3.05, 3.63) is 47.8 Å². The highest BCUT2D eigenvalue weighted by molar-refractivity contribution is 5.79. The molecule has 0 radical (unpaired) electrons. The molecule has 0 spiro atoms. The summed E-state index contributed by atoms with van der Waals surface area (Å²) in [5.41, 5.74) is 4.00. The first kappa shape index (κ1) is 14.3. The Hall–Kier alpha value is -2.63. The first-order valence-electron chi connectivity index (χ1n) is 7.31.